The van der Waals surface area contributed by atoms with Crippen molar-refractivity contribution >= 4 is 29.6 Å². The normalized spacial score (nSPS) is 19.4. The van der Waals surface area contributed by atoms with Gasteiger partial charge in [0, 0.05) is 5.39 Å². The van der Waals surface area contributed by atoms with E-state index in [-0.39, 0.29) is 0 Å². The van der Waals surface area contributed by atoms with Gasteiger partial charge in [-0.2, -0.15) is 9.78 Å². The minimum absolute atomic E-state index is 0.396. The molecule has 0 N–H and O–H groups in total. The van der Waals surface area contributed by atoms with E-state index < -0.39 is 30.0 Å². The van der Waals surface area contributed by atoms with Crippen molar-refractivity contribution in [2.24, 2.45) is 0 Å². The average molecular weight is 344 g/mol. The third-order valence-corrected chi connectivity index (χ3v) is 4.68. The van der Waals surface area contributed by atoms with Crippen LogP contribution in [0.4, 0.5) is 4.79 Å². The quantitative estimate of drug-likeness (QED) is 0.744. The van der Waals surface area contributed by atoms with Crippen LogP contribution in [0.25, 0.3) is 10.9 Å². The van der Waals surface area contributed by atoms with Crippen molar-refractivity contribution in [1.82, 2.24) is 9.78 Å². The molecule has 1 fully saturated rings. The van der Waals surface area contributed by atoms with E-state index in [1.165, 1.54) is 4.68 Å². The zero-order chi connectivity index (χ0) is 18.6. The maximum absolute atomic E-state index is 12.3. The number of ether oxygens (including phenoxy) is 1. The molecule has 2 aromatic rings. The van der Waals surface area contributed by atoms with Crippen molar-refractivity contribution in [3.8, 4) is 0 Å². The van der Waals surface area contributed by atoms with Crippen molar-refractivity contribution in [3.05, 3.63) is 24.4 Å². The fourth-order valence-corrected chi connectivity index (χ4v) is 2.63. The van der Waals surface area contributed by atoms with E-state index in [1.54, 1.807) is 6.20 Å². The van der Waals surface area contributed by atoms with E-state index in [1.807, 2.05) is 66.7 Å². The Labute approximate surface area is 148 Å². The molecule has 6 nitrogen and oxygen atoms in total. The summed E-state index contributed by atoms with van der Waals surface area (Å²) >= 11 is 0. The van der Waals surface area contributed by atoms with Gasteiger partial charge in [0.1, 0.15) is 5.60 Å². The number of fused-ring (bicyclic) bond motifs is 1. The van der Waals surface area contributed by atoms with E-state index in [0.717, 1.165) is 10.8 Å². The molecule has 3 rings (SSSR count). The molecule has 1 saturated heterocycles. The van der Waals surface area contributed by atoms with Crippen LogP contribution in [-0.4, -0.2) is 39.8 Å². The third-order valence-electron chi connectivity index (χ3n) is 4.68. The molecule has 0 aliphatic carbocycles. The molecule has 0 radical (unpaired) electrons. The maximum atomic E-state index is 12.3. The predicted octanol–water partition coefficient (Wildman–Crippen LogP) is 3.12. The lowest BCUT2D eigenvalue weighted by Gasteiger charge is -2.32. The van der Waals surface area contributed by atoms with Crippen LogP contribution in [0.3, 0.4) is 0 Å². The molecular formula is C18H25BN2O4. The van der Waals surface area contributed by atoms with Gasteiger partial charge in [0.05, 0.1) is 22.9 Å². The smallest absolute Gasteiger partial charge is 0.442 e. The van der Waals surface area contributed by atoms with Gasteiger partial charge in [-0.1, -0.05) is 12.1 Å². The highest BCUT2D eigenvalue weighted by Gasteiger charge is 2.51. The van der Waals surface area contributed by atoms with E-state index in [2.05, 4.69) is 5.10 Å². The molecule has 0 saturated carbocycles. The summed E-state index contributed by atoms with van der Waals surface area (Å²) in [6.45, 7) is 13.6. The lowest BCUT2D eigenvalue weighted by molar-refractivity contribution is 0.00578. The number of nitrogens with zero attached hydrogens (tertiary/aromatic N) is 2. The Morgan fingerprint density at radius 2 is 1.76 bits per heavy atom. The summed E-state index contributed by atoms with van der Waals surface area (Å²) in [6, 6.07) is 5.67. The van der Waals surface area contributed by atoms with Crippen molar-refractivity contribution in [3.63, 3.8) is 0 Å². The highest BCUT2D eigenvalue weighted by molar-refractivity contribution is 6.62. The molecule has 1 aromatic carbocycles. The molecule has 1 aliphatic heterocycles. The number of carbonyl (C=O) groups excluding carboxylic acids is 1. The van der Waals surface area contributed by atoms with Gasteiger partial charge in [-0.05, 0) is 60.0 Å². The Bertz CT molecular complexity index is 804. The zero-order valence-electron chi connectivity index (χ0n) is 15.9. The second-order valence-corrected chi connectivity index (χ2v) is 8.44. The molecule has 1 aliphatic rings. The first-order chi connectivity index (χ1) is 11.4. The van der Waals surface area contributed by atoms with Gasteiger partial charge in [0.2, 0.25) is 0 Å². The summed E-state index contributed by atoms with van der Waals surface area (Å²) in [5.41, 5.74) is 0.225. The molecule has 25 heavy (non-hydrogen) atoms. The molecule has 0 spiro atoms. The number of hydrogen-bond donors (Lipinski definition) is 0. The predicted molar refractivity (Wildman–Crippen MR) is 97.1 cm³/mol. The van der Waals surface area contributed by atoms with Crippen LogP contribution in [0.15, 0.2) is 24.4 Å². The van der Waals surface area contributed by atoms with Crippen molar-refractivity contribution in [2.75, 3.05) is 0 Å². The van der Waals surface area contributed by atoms with Crippen LogP contribution >= 0.6 is 0 Å². The highest BCUT2D eigenvalue weighted by Crippen LogP contribution is 2.36. The largest absolute Gasteiger partial charge is 0.494 e. The van der Waals surface area contributed by atoms with E-state index in [0.29, 0.717) is 5.52 Å². The number of rotatable bonds is 1. The number of hydrogen-bond acceptors (Lipinski definition) is 5. The van der Waals surface area contributed by atoms with Crippen LogP contribution in [0, 0.1) is 0 Å². The molecule has 1 aromatic heterocycles. The first kappa shape index (κ1) is 18.0. The molecule has 7 heteroatoms. The van der Waals surface area contributed by atoms with Crippen LogP contribution in [0.5, 0.6) is 0 Å². The topological polar surface area (TPSA) is 62.6 Å². The third kappa shape index (κ3) is 3.31. The summed E-state index contributed by atoms with van der Waals surface area (Å²) < 4.78 is 18.8. The molecule has 0 bridgehead atoms. The second kappa shape index (κ2) is 5.57. The maximum Gasteiger partial charge on any atom is 0.494 e. The molecule has 0 unspecified atom stereocenters. The van der Waals surface area contributed by atoms with Gasteiger partial charge in [-0.15, -0.1) is 0 Å². The van der Waals surface area contributed by atoms with Crippen molar-refractivity contribution < 1.29 is 18.8 Å². The summed E-state index contributed by atoms with van der Waals surface area (Å²) in [5, 5.41) is 5.00. The summed E-state index contributed by atoms with van der Waals surface area (Å²) in [7, 11) is -0.445. The molecule has 0 amide bonds. The Morgan fingerprint density at radius 3 is 2.32 bits per heavy atom. The van der Waals surface area contributed by atoms with Gasteiger partial charge < -0.3 is 14.0 Å². The first-order valence-corrected chi connectivity index (χ1v) is 8.46. The van der Waals surface area contributed by atoms with Gasteiger partial charge in [0.15, 0.2) is 0 Å². The highest BCUT2D eigenvalue weighted by atomic mass is 16.7. The Balaban J connectivity index is 1.90. The van der Waals surface area contributed by atoms with Crippen molar-refractivity contribution in [2.45, 2.75) is 65.3 Å². The standard InChI is InChI=1S/C18H25BN2O4/c1-16(2,3)23-15(22)21-14-9-8-13(10-12(14)11-20-21)19-24-17(4,5)18(6,7)25-19/h8-11H,1-7H3. The van der Waals surface area contributed by atoms with Crippen LogP contribution < -0.4 is 5.46 Å². The van der Waals surface area contributed by atoms with Gasteiger partial charge in [0.25, 0.3) is 0 Å². The van der Waals surface area contributed by atoms with Gasteiger partial charge in [-0.25, -0.2) is 4.79 Å². The summed E-state index contributed by atoms with van der Waals surface area (Å²) in [4.78, 5) is 12.3. The molecule has 134 valence electrons. The molecular weight excluding hydrogens is 319 g/mol. The molecule has 0 atom stereocenters. The van der Waals surface area contributed by atoms with E-state index >= 15 is 0 Å². The fraction of sp³-hybridized carbons (Fsp3) is 0.556. The number of carbonyl (C=O) groups is 1. The minimum atomic E-state index is -0.571. The number of aromatic nitrogens is 2. The Hall–Kier alpha value is -1.86. The lowest BCUT2D eigenvalue weighted by atomic mass is 9.79. The lowest BCUT2D eigenvalue weighted by Crippen LogP contribution is -2.41. The fourth-order valence-electron chi connectivity index (χ4n) is 2.63. The minimum Gasteiger partial charge on any atom is -0.442 e. The average Bonchev–Trinajstić information content (AvgIpc) is 2.95. The van der Waals surface area contributed by atoms with Crippen molar-refractivity contribution in [1.29, 1.82) is 0 Å². The van der Waals surface area contributed by atoms with Gasteiger partial charge in [-0.3, -0.25) is 0 Å². The SMILES string of the molecule is CC(C)(C)OC(=O)n1ncc2cc(B3OC(C)(C)C(C)(C)O3)ccc21. The van der Waals surface area contributed by atoms with Crippen LogP contribution in [0.1, 0.15) is 48.5 Å². The van der Waals surface area contributed by atoms with E-state index in [9.17, 15) is 4.79 Å². The van der Waals surface area contributed by atoms with Gasteiger partial charge >= 0.3 is 13.2 Å². The monoisotopic (exact) mass is 344 g/mol. The first-order valence-electron chi connectivity index (χ1n) is 8.46. The van der Waals surface area contributed by atoms with Crippen LogP contribution in [-0.2, 0) is 14.0 Å². The Morgan fingerprint density at radius 1 is 1.16 bits per heavy atom. The van der Waals surface area contributed by atoms with E-state index in [4.69, 9.17) is 14.0 Å². The molecule has 2 heterocycles. The second-order valence-electron chi connectivity index (χ2n) is 8.44. The Kier molecular flexibility index (Phi) is 4.00. The van der Waals surface area contributed by atoms with Crippen LogP contribution in [0.2, 0.25) is 0 Å². The number of benzene rings is 1. The summed E-state index contributed by atoms with van der Waals surface area (Å²) in [5.74, 6) is 0. The summed E-state index contributed by atoms with van der Waals surface area (Å²) in [6.07, 6.45) is 1.15. The zero-order valence-corrected chi connectivity index (χ0v) is 15.9.